The molecule has 1 aromatic rings. The predicted molar refractivity (Wildman–Crippen MR) is 61.7 cm³/mol. The second kappa shape index (κ2) is 4.25. The van der Waals surface area contributed by atoms with Gasteiger partial charge in [-0.2, -0.15) is 5.26 Å². The van der Waals surface area contributed by atoms with Crippen LogP contribution in [0, 0.1) is 18.3 Å². The van der Waals surface area contributed by atoms with Crippen molar-refractivity contribution in [2.75, 3.05) is 0 Å². The van der Waals surface area contributed by atoms with Crippen LogP contribution in [-0.4, -0.2) is 4.75 Å². The highest BCUT2D eigenvalue weighted by Crippen LogP contribution is 2.33. The molecule has 0 fully saturated rings. The second-order valence-corrected chi connectivity index (χ2v) is 5.74. The first kappa shape index (κ1) is 11.4. The third kappa shape index (κ3) is 2.94. The van der Waals surface area contributed by atoms with Crippen LogP contribution in [0.15, 0.2) is 23.1 Å². The van der Waals surface area contributed by atoms with Gasteiger partial charge in [0.05, 0.1) is 6.07 Å². The predicted octanol–water partition coefficient (Wildman–Crippen LogP) is 4.04. The lowest BCUT2D eigenvalue weighted by molar-refractivity contribution is 0.913. The van der Waals surface area contributed by atoms with Crippen molar-refractivity contribution in [1.29, 1.82) is 5.26 Å². The Labute approximate surface area is 94.1 Å². The summed E-state index contributed by atoms with van der Waals surface area (Å²) in [6.45, 7) is 5.77. The van der Waals surface area contributed by atoms with Gasteiger partial charge in [-0.05, 0) is 44.5 Å². The van der Waals surface area contributed by atoms with Crippen molar-refractivity contribution in [1.82, 2.24) is 0 Å². The summed E-state index contributed by atoms with van der Waals surface area (Å²) >= 11 is 7.46. The molecule has 0 aliphatic carbocycles. The van der Waals surface area contributed by atoms with E-state index in [0.29, 0.717) is 0 Å². The van der Waals surface area contributed by atoms with Crippen LogP contribution in [-0.2, 0) is 0 Å². The molecule has 14 heavy (non-hydrogen) atoms. The molecule has 0 amide bonds. The quantitative estimate of drug-likeness (QED) is 0.710. The molecular formula is C11H12ClNS. The zero-order valence-electron chi connectivity index (χ0n) is 8.47. The minimum Gasteiger partial charge on any atom is -0.197 e. The number of benzene rings is 1. The van der Waals surface area contributed by atoms with Gasteiger partial charge in [-0.25, -0.2) is 0 Å². The smallest absolute Gasteiger partial charge is 0.101 e. The monoisotopic (exact) mass is 225 g/mol. The summed E-state index contributed by atoms with van der Waals surface area (Å²) in [5.74, 6) is 0. The number of aryl methyl sites for hydroxylation is 1. The molecule has 0 saturated carbocycles. The van der Waals surface area contributed by atoms with Crippen molar-refractivity contribution in [2.45, 2.75) is 30.4 Å². The molecule has 1 nitrogen and oxygen atoms in total. The van der Waals surface area contributed by atoms with Gasteiger partial charge >= 0.3 is 0 Å². The van der Waals surface area contributed by atoms with Crippen LogP contribution in [0.2, 0.25) is 5.02 Å². The summed E-state index contributed by atoms with van der Waals surface area (Å²) in [5.41, 5.74) is 1.05. The van der Waals surface area contributed by atoms with E-state index in [1.54, 1.807) is 11.8 Å². The minimum atomic E-state index is -0.389. The third-order valence-electron chi connectivity index (χ3n) is 1.77. The van der Waals surface area contributed by atoms with Gasteiger partial charge in [0, 0.05) is 9.92 Å². The van der Waals surface area contributed by atoms with E-state index in [2.05, 4.69) is 6.07 Å². The molecule has 1 aromatic carbocycles. The van der Waals surface area contributed by atoms with E-state index in [9.17, 15) is 0 Å². The summed E-state index contributed by atoms with van der Waals surface area (Å²) in [6.07, 6.45) is 0. The van der Waals surface area contributed by atoms with E-state index in [1.807, 2.05) is 39.0 Å². The Kier molecular flexibility index (Phi) is 3.47. The highest BCUT2D eigenvalue weighted by molar-refractivity contribution is 8.00. The van der Waals surface area contributed by atoms with Crippen molar-refractivity contribution in [3.63, 3.8) is 0 Å². The van der Waals surface area contributed by atoms with Crippen LogP contribution in [0.4, 0.5) is 0 Å². The molecular weight excluding hydrogens is 214 g/mol. The Hall–Kier alpha value is -0.650. The second-order valence-electron chi connectivity index (χ2n) is 3.64. The highest BCUT2D eigenvalue weighted by Gasteiger charge is 2.18. The molecule has 74 valence electrons. The Morgan fingerprint density at radius 1 is 1.43 bits per heavy atom. The number of rotatable bonds is 2. The fourth-order valence-corrected chi connectivity index (χ4v) is 2.12. The topological polar surface area (TPSA) is 23.8 Å². The average Bonchev–Trinajstić information content (AvgIpc) is 2.11. The number of hydrogen-bond acceptors (Lipinski definition) is 2. The molecule has 0 aliphatic heterocycles. The first-order valence-electron chi connectivity index (χ1n) is 4.31. The molecule has 0 aromatic heterocycles. The van der Waals surface area contributed by atoms with Gasteiger partial charge in [-0.1, -0.05) is 11.6 Å². The highest BCUT2D eigenvalue weighted by atomic mass is 35.5. The summed E-state index contributed by atoms with van der Waals surface area (Å²) in [7, 11) is 0. The average molecular weight is 226 g/mol. The number of halogens is 1. The maximum Gasteiger partial charge on any atom is 0.101 e. The van der Waals surface area contributed by atoms with E-state index in [-0.39, 0.29) is 4.75 Å². The lowest BCUT2D eigenvalue weighted by Gasteiger charge is -2.14. The zero-order chi connectivity index (χ0) is 10.8. The lowest BCUT2D eigenvalue weighted by atomic mass is 10.2. The van der Waals surface area contributed by atoms with Crippen molar-refractivity contribution in [3.05, 3.63) is 28.8 Å². The van der Waals surface area contributed by atoms with E-state index in [0.717, 1.165) is 15.5 Å². The number of nitrogens with zero attached hydrogens (tertiary/aromatic N) is 1. The molecule has 0 bridgehead atoms. The molecule has 0 heterocycles. The van der Waals surface area contributed by atoms with Gasteiger partial charge in [-0.15, -0.1) is 11.8 Å². The fourth-order valence-electron chi connectivity index (χ4n) is 0.998. The Morgan fingerprint density at radius 2 is 2.07 bits per heavy atom. The van der Waals surface area contributed by atoms with Gasteiger partial charge in [0.15, 0.2) is 0 Å². The minimum absolute atomic E-state index is 0.389. The molecule has 0 N–H and O–H groups in total. The summed E-state index contributed by atoms with van der Waals surface area (Å²) < 4.78 is -0.389. The maximum absolute atomic E-state index is 8.88. The third-order valence-corrected chi connectivity index (χ3v) is 3.29. The lowest BCUT2D eigenvalue weighted by Crippen LogP contribution is -2.09. The molecule has 0 aliphatic rings. The van der Waals surface area contributed by atoms with Gasteiger partial charge in [-0.3, -0.25) is 0 Å². The molecule has 0 radical (unpaired) electrons. The van der Waals surface area contributed by atoms with Gasteiger partial charge < -0.3 is 0 Å². The first-order valence-corrected chi connectivity index (χ1v) is 5.50. The molecule has 3 heteroatoms. The molecule has 0 atom stereocenters. The summed E-state index contributed by atoms with van der Waals surface area (Å²) in [4.78, 5) is 1.08. The standard InChI is InChI=1S/C11H12ClNS/c1-8-6-9(4-5-10(8)12)14-11(2,3)7-13/h4-6H,1-3H3. The SMILES string of the molecule is Cc1cc(SC(C)(C)C#N)ccc1Cl. The first-order chi connectivity index (χ1) is 6.44. The van der Waals surface area contributed by atoms with Crippen molar-refractivity contribution < 1.29 is 0 Å². The van der Waals surface area contributed by atoms with Crippen LogP contribution >= 0.6 is 23.4 Å². The van der Waals surface area contributed by atoms with Gasteiger partial charge in [0.2, 0.25) is 0 Å². The summed E-state index contributed by atoms with van der Waals surface area (Å²) in [5, 5.41) is 9.65. The van der Waals surface area contributed by atoms with Crippen LogP contribution in [0.1, 0.15) is 19.4 Å². The van der Waals surface area contributed by atoms with E-state index < -0.39 is 0 Å². The summed E-state index contributed by atoms with van der Waals surface area (Å²) in [6, 6.07) is 8.07. The fraction of sp³-hybridized carbons (Fsp3) is 0.364. The number of thioether (sulfide) groups is 1. The number of hydrogen-bond donors (Lipinski definition) is 0. The van der Waals surface area contributed by atoms with Crippen LogP contribution in [0.3, 0.4) is 0 Å². The van der Waals surface area contributed by atoms with Crippen LogP contribution in [0.25, 0.3) is 0 Å². The Bertz CT molecular complexity index is 379. The normalized spacial score (nSPS) is 11.1. The van der Waals surface area contributed by atoms with Gasteiger partial charge in [0.1, 0.15) is 4.75 Å². The maximum atomic E-state index is 8.88. The van der Waals surface area contributed by atoms with E-state index in [1.165, 1.54) is 0 Å². The largest absolute Gasteiger partial charge is 0.197 e. The van der Waals surface area contributed by atoms with Crippen molar-refractivity contribution in [2.24, 2.45) is 0 Å². The number of nitriles is 1. The van der Waals surface area contributed by atoms with Crippen LogP contribution < -0.4 is 0 Å². The van der Waals surface area contributed by atoms with Crippen molar-refractivity contribution in [3.8, 4) is 6.07 Å². The molecule has 0 unspecified atom stereocenters. The Morgan fingerprint density at radius 3 is 2.57 bits per heavy atom. The Balaban J connectivity index is 2.90. The molecule has 0 saturated heterocycles. The van der Waals surface area contributed by atoms with Crippen LogP contribution in [0.5, 0.6) is 0 Å². The molecule has 0 spiro atoms. The van der Waals surface area contributed by atoms with Gasteiger partial charge in [0.25, 0.3) is 0 Å². The van der Waals surface area contributed by atoms with E-state index >= 15 is 0 Å². The zero-order valence-corrected chi connectivity index (χ0v) is 10.0. The molecule has 1 rings (SSSR count). The van der Waals surface area contributed by atoms with E-state index in [4.69, 9.17) is 16.9 Å². The van der Waals surface area contributed by atoms with Crippen molar-refractivity contribution >= 4 is 23.4 Å².